The first-order chi connectivity index (χ1) is 10.1. The van der Waals surface area contributed by atoms with Gasteiger partial charge in [0.25, 0.3) is 0 Å². The van der Waals surface area contributed by atoms with Crippen molar-refractivity contribution in [2.45, 2.75) is 56.7 Å². The van der Waals surface area contributed by atoms with E-state index in [1.807, 2.05) is 11.9 Å². The third-order valence-corrected chi connectivity index (χ3v) is 4.93. The Morgan fingerprint density at radius 3 is 2.41 bits per heavy atom. The molecule has 122 valence electrons. The van der Waals surface area contributed by atoms with Crippen LogP contribution in [0.5, 0.6) is 0 Å². The Labute approximate surface area is 137 Å². The molecular weight excluding hydrogens is 303 g/mol. The first kappa shape index (κ1) is 17.2. The van der Waals surface area contributed by atoms with Crippen molar-refractivity contribution in [1.82, 2.24) is 10.2 Å². The summed E-state index contributed by atoms with van der Waals surface area (Å²) in [5.74, 6) is -0.0296. The summed E-state index contributed by atoms with van der Waals surface area (Å²) in [5.41, 5.74) is 1.02. The van der Waals surface area contributed by atoms with Crippen LogP contribution in [0.4, 0.5) is 4.39 Å². The number of carbonyl (C=O) groups is 1. The van der Waals surface area contributed by atoms with Gasteiger partial charge >= 0.3 is 0 Å². The number of fused-ring (bicyclic) bond motifs is 2. The molecule has 2 unspecified atom stereocenters. The van der Waals surface area contributed by atoms with Gasteiger partial charge in [-0.05, 0) is 49.8 Å². The molecule has 3 nitrogen and oxygen atoms in total. The van der Waals surface area contributed by atoms with E-state index in [9.17, 15) is 9.18 Å². The zero-order chi connectivity index (χ0) is 14.8. The van der Waals surface area contributed by atoms with Gasteiger partial charge in [-0.3, -0.25) is 4.79 Å². The molecule has 2 atom stereocenters. The minimum Gasteiger partial charge on any atom is -0.343 e. The second-order valence-corrected chi connectivity index (χ2v) is 6.39. The first-order valence-electron chi connectivity index (χ1n) is 7.88. The largest absolute Gasteiger partial charge is 0.343 e. The number of amides is 1. The zero-order valence-electron chi connectivity index (χ0n) is 12.9. The highest BCUT2D eigenvalue weighted by Gasteiger charge is 2.36. The summed E-state index contributed by atoms with van der Waals surface area (Å²) in [5, 5.41) is 3.60. The maximum Gasteiger partial charge on any atom is 0.222 e. The molecular formula is C17H24ClFN2O. The lowest BCUT2D eigenvalue weighted by atomic mass is 9.98. The Morgan fingerprint density at radius 2 is 1.82 bits per heavy atom. The number of carbonyl (C=O) groups excluding carboxylic acids is 1. The maximum absolute atomic E-state index is 12.9. The number of halogens is 2. The molecule has 2 saturated heterocycles. The fourth-order valence-corrected chi connectivity index (χ4v) is 3.63. The van der Waals surface area contributed by atoms with E-state index in [1.54, 1.807) is 12.1 Å². The fraction of sp³-hybridized carbons (Fsp3) is 0.588. The summed E-state index contributed by atoms with van der Waals surface area (Å²) >= 11 is 0. The van der Waals surface area contributed by atoms with Gasteiger partial charge in [0.15, 0.2) is 0 Å². The van der Waals surface area contributed by atoms with Crippen LogP contribution in [0.3, 0.4) is 0 Å². The van der Waals surface area contributed by atoms with E-state index in [0.29, 0.717) is 31.0 Å². The molecule has 1 amide bonds. The van der Waals surface area contributed by atoms with E-state index in [1.165, 1.54) is 25.0 Å². The predicted molar refractivity (Wildman–Crippen MR) is 87.7 cm³/mol. The van der Waals surface area contributed by atoms with Gasteiger partial charge in [0, 0.05) is 31.6 Å². The van der Waals surface area contributed by atoms with Crippen LogP contribution in [0.15, 0.2) is 24.3 Å². The SMILES string of the molecule is CN(C(=O)CCc1ccc(F)cc1)C1CC2CCC(C1)N2.Cl. The number of hydrogen-bond acceptors (Lipinski definition) is 2. The van der Waals surface area contributed by atoms with Gasteiger partial charge in [0.05, 0.1) is 0 Å². The minimum atomic E-state index is -0.229. The molecule has 2 aliphatic rings. The Hall–Kier alpha value is -1.13. The van der Waals surface area contributed by atoms with Gasteiger partial charge in [-0.15, -0.1) is 12.4 Å². The molecule has 2 heterocycles. The van der Waals surface area contributed by atoms with Crippen LogP contribution in [0, 0.1) is 5.82 Å². The summed E-state index contributed by atoms with van der Waals surface area (Å²) < 4.78 is 12.9. The Balaban J connectivity index is 0.00000176. The smallest absolute Gasteiger partial charge is 0.222 e. The van der Waals surface area contributed by atoms with Gasteiger partial charge < -0.3 is 10.2 Å². The molecule has 5 heteroatoms. The van der Waals surface area contributed by atoms with Crippen molar-refractivity contribution in [2.24, 2.45) is 0 Å². The molecule has 0 aliphatic carbocycles. The van der Waals surface area contributed by atoms with Gasteiger partial charge in [-0.1, -0.05) is 12.1 Å². The van der Waals surface area contributed by atoms with E-state index < -0.39 is 0 Å². The second kappa shape index (κ2) is 7.42. The van der Waals surface area contributed by atoms with Crippen LogP contribution in [-0.4, -0.2) is 36.0 Å². The highest BCUT2D eigenvalue weighted by Crippen LogP contribution is 2.29. The Kier molecular flexibility index (Phi) is 5.81. The Bertz CT molecular complexity index is 496. The molecule has 3 rings (SSSR count). The zero-order valence-corrected chi connectivity index (χ0v) is 13.7. The van der Waals surface area contributed by atoms with Gasteiger partial charge in [-0.25, -0.2) is 4.39 Å². The van der Waals surface area contributed by atoms with Gasteiger partial charge in [0.2, 0.25) is 5.91 Å². The van der Waals surface area contributed by atoms with E-state index in [-0.39, 0.29) is 24.1 Å². The lowest BCUT2D eigenvalue weighted by Crippen LogP contribution is -2.48. The van der Waals surface area contributed by atoms with Crippen LogP contribution in [0.25, 0.3) is 0 Å². The van der Waals surface area contributed by atoms with Crippen LogP contribution >= 0.6 is 12.4 Å². The molecule has 2 fully saturated rings. The molecule has 0 aromatic heterocycles. The third-order valence-electron chi connectivity index (χ3n) is 4.93. The normalized spacial score (nSPS) is 26.4. The molecule has 1 aromatic rings. The lowest BCUT2D eigenvalue weighted by molar-refractivity contribution is -0.132. The summed E-state index contributed by atoms with van der Waals surface area (Å²) in [6.45, 7) is 0. The molecule has 22 heavy (non-hydrogen) atoms. The number of piperidine rings is 1. The second-order valence-electron chi connectivity index (χ2n) is 6.39. The summed E-state index contributed by atoms with van der Waals surface area (Å²) in [6.07, 6.45) is 5.84. The van der Waals surface area contributed by atoms with E-state index in [2.05, 4.69) is 5.32 Å². The van der Waals surface area contributed by atoms with Crippen LogP contribution < -0.4 is 5.32 Å². The minimum absolute atomic E-state index is 0. The molecule has 0 radical (unpaired) electrons. The third kappa shape index (κ3) is 3.99. The molecule has 1 aromatic carbocycles. The van der Waals surface area contributed by atoms with Gasteiger partial charge in [-0.2, -0.15) is 0 Å². The van der Waals surface area contributed by atoms with E-state index >= 15 is 0 Å². The van der Waals surface area contributed by atoms with Crippen molar-refractivity contribution in [1.29, 1.82) is 0 Å². The highest BCUT2D eigenvalue weighted by atomic mass is 35.5. The van der Waals surface area contributed by atoms with Crippen molar-refractivity contribution in [2.75, 3.05) is 7.05 Å². The van der Waals surface area contributed by atoms with Crippen molar-refractivity contribution < 1.29 is 9.18 Å². The molecule has 2 aliphatic heterocycles. The lowest BCUT2D eigenvalue weighted by Gasteiger charge is -2.35. The number of benzene rings is 1. The quantitative estimate of drug-likeness (QED) is 0.922. The van der Waals surface area contributed by atoms with Crippen molar-refractivity contribution >= 4 is 18.3 Å². The number of nitrogens with zero attached hydrogens (tertiary/aromatic N) is 1. The number of hydrogen-bond donors (Lipinski definition) is 1. The van der Waals surface area contributed by atoms with Crippen molar-refractivity contribution in [3.63, 3.8) is 0 Å². The maximum atomic E-state index is 12.9. The predicted octanol–water partition coefficient (Wildman–Crippen LogP) is 2.92. The van der Waals surface area contributed by atoms with E-state index in [4.69, 9.17) is 0 Å². The average molecular weight is 327 g/mol. The molecule has 2 bridgehead atoms. The molecule has 0 spiro atoms. The van der Waals surface area contributed by atoms with Crippen molar-refractivity contribution in [3.05, 3.63) is 35.6 Å². The average Bonchev–Trinajstić information content (AvgIpc) is 2.84. The topological polar surface area (TPSA) is 32.3 Å². The number of aryl methyl sites for hydroxylation is 1. The van der Waals surface area contributed by atoms with E-state index in [0.717, 1.165) is 18.4 Å². The van der Waals surface area contributed by atoms with Crippen LogP contribution in [-0.2, 0) is 11.2 Å². The van der Waals surface area contributed by atoms with Crippen LogP contribution in [0.1, 0.15) is 37.7 Å². The fourth-order valence-electron chi connectivity index (χ4n) is 3.63. The van der Waals surface area contributed by atoms with Gasteiger partial charge in [0.1, 0.15) is 5.82 Å². The first-order valence-corrected chi connectivity index (χ1v) is 7.88. The summed E-state index contributed by atoms with van der Waals surface area (Å²) in [7, 11) is 1.93. The summed E-state index contributed by atoms with van der Waals surface area (Å²) in [4.78, 5) is 14.3. The highest BCUT2D eigenvalue weighted by molar-refractivity contribution is 5.85. The Morgan fingerprint density at radius 1 is 1.23 bits per heavy atom. The number of rotatable bonds is 4. The molecule has 0 saturated carbocycles. The number of nitrogens with one attached hydrogen (secondary N) is 1. The standard InChI is InChI=1S/C17H23FN2O.ClH/c1-20(16-10-14-7-8-15(11-16)19-14)17(21)9-4-12-2-5-13(18)6-3-12;/h2-3,5-6,14-16,19H,4,7-11H2,1H3;1H. The molecule has 1 N–H and O–H groups in total. The van der Waals surface area contributed by atoms with Crippen molar-refractivity contribution in [3.8, 4) is 0 Å². The van der Waals surface area contributed by atoms with Crippen LogP contribution in [0.2, 0.25) is 0 Å². The summed E-state index contributed by atoms with van der Waals surface area (Å²) in [6, 6.07) is 8.00. The monoisotopic (exact) mass is 326 g/mol.